The predicted octanol–water partition coefficient (Wildman–Crippen LogP) is 2.97. The van der Waals surface area contributed by atoms with Crippen LogP contribution in [0.5, 0.6) is 0 Å². The predicted molar refractivity (Wildman–Crippen MR) is 106 cm³/mol. The molecular formula is C19H23ClFN3O2S. The van der Waals surface area contributed by atoms with E-state index in [2.05, 4.69) is 14.5 Å². The van der Waals surface area contributed by atoms with Gasteiger partial charge in [-0.25, -0.2) is 17.5 Å². The van der Waals surface area contributed by atoms with Crippen molar-refractivity contribution in [3.63, 3.8) is 0 Å². The van der Waals surface area contributed by atoms with Crippen LogP contribution in [0.4, 0.5) is 10.1 Å². The first kappa shape index (κ1) is 20.1. The molecule has 1 N–H and O–H groups in total. The second-order valence-corrected chi connectivity index (χ2v) is 8.66. The van der Waals surface area contributed by atoms with Crippen molar-refractivity contribution in [2.24, 2.45) is 0 Å². The summed E-state index contributed by atoms with van der Waals surface area (Å²) < 4.78 is 40.4. The molecule has 1 fully saturated rings. The molecule has 1 heterocycles. The minimum absolute atomic E-state index is 0.286. The van der Waals surface area contributed by atoms with E-state index in [0.29, 0.717) is 6.42 Å². The highest BCUT2D eigenvalue weighted by atomic mass is 35.5. The maximum Gasteiger partial charge on any atom is 0.243 e. The van der Waals surface area contributed by atoms with E-state index >= 15 is 0 Å². The number of benzene rings is 2. The van der Waals surface area contributed by atoms with E-state index in [9.17, 15) is 12.8 Å². The van der Waals surface area contributed by atoms with Crippen molar-refractivity contribution in [1.29, 1.82) is 0 Å². The molecule has 5 nitrogen and oxygen atoms in total. The van der Waals surface area contributed by atoms with Crippen molar-refractivity contribution in [1.82, 2.24) is 9.62 Å². The highest BCUT2D eigenvalue weighted by molar-refractivity contribution is 7.89. The highest BCUT2D eigenvalue weighted by Gasteiger charge is 2.19. The fourth-order valence-corrected chi connectivity index (χ4v) is 4.41. The van der Waals surface area contributed by atoms with Crippen LogP contribution < -0.4 is 9.62 Å². The number of halogens is 2. The molecule has 3 rings (SSSR count). The van der Waals surface area contributed by atoms with Crippen molar-refractivity contribution >= 4 is 27.3 Å². The van der Waals surface area contributed by atoms with Gasteiger partial charge in [-0.2, -0.15) is 0 Å². The van der Waals surface area contributed by atoms with E-state index in [0.717, 1.165) is 49.5 Å². The fourth-order valence-electron chi connectivity index (χ4n) is 3.13. The van der Waals surface area contributed by atoms with E-state index < -0.39 is 15.8 Å². The summed E-state index contributed by atoms with van der Waals surface area (Å²) in [7, 11) is -3.80. The molecule has 146 valence electrons. The first-order valence-electron chi connectivity index (χ1n) is 8.93. The average molecular weight is 412 g/mol. The van der Waals surface area contributed by atoms with Gasteiger partial charge in [0.2, 0.25) is 10.0 Å². The molecule has 1 saturated heterocycles. The second kappa shape index (κ2) is 9.01. The van der Waals surface area contributed by atoms with Crippen LogP contribution in [0.3, 0.4) is 0 Å². The molecule has 0 unspecified atom stereocenters. The van der Waals surface area contributed by atoms with E-state index in [1.54, 1.807) is 0 Å². The van der Waals surface area contributed by atoms with E-state index in [4.69, 9.17) is 11.6 Å². The van der Waals surface area contributed by atoms with Crippen LogP contribution in [-0.2, 0) is 10.0 Å². The van der Waals surface area contributed by atoms with Crippen LogP contribution in [0.2, 0.25) is 5.02 Å². The van der Waals surface area contributed by atoms with Gasteiger partial charge < -0.3 is 4.90 Å². The van der Waals surface area contributed by atoms with Gasteiger partial charge in [0.15, 0.2) is 0 Å². The Bertz CT molecular complexity index is 854. The lowest BCUT2D eigenvalue weighted by Gasteiger charge is -2.36. The van der Waals surface area contributed by atoms with Gasteiger partial charge >= 0.3 is 0 Å². The Labute approximate surface area is 164 Å². The van der Waals surface area contributed by atoms with Crippen LogP contribution in [0, 0.1) is 5.82 Å². The smallest absolute Gasteiger partial charge is 0.243 e. The van der Waals surface area contributed by atoms with Gasteiger partial charge in [-0.05, 0) is 49.4 Å². The minimum atomic E-state index is -3.80. The Hall–Kier alpha value is -1.67. The number of sulfonamides is 1. The van der Waals surface area contributed by atoms with E-state index in [1.807, 2.05) is 24.3 Å². The van der Waals surface area contributed by atoms with Gasteiger partial charge in [-0.3, -0.25) is 4.90 Å². The Morgan fingerprint density at radius 1 is 1.00 bits per heavy atom. The summed E-state index contributed by atoms with van der Waals surface area (Å²) in [4.78, 5) is 4.32. The summed E-state index contributed by atoms with van der Waals surface area (Å²) >= 11 is 5.93. The zero-order chi connectivity index (χ0) is 19.3. The van der Waals surface area contributed by atoms with E-state index in [1.165, 1.54) is 18.2 Å². The number of anilines is 1. The average Bonchev–Trinajstić information content (AvgIpc) is 2.67. The summed E-state index contributed by atoms with van der Waals surface area (Å²) in [6.07, 6.45) is 0.675. The Morgan fingerprint density at radius 2 is 1.67 bits per heavy atom. The molecule has 27 heavy (non-hydrogen) atoms. The number of hydrogen-bond donors (Lipinski definition) is 1. The third-order valence-corrected chi connectivity index (χ3v) is 6.38. The van der Waals surface area contributed by atoms with Crippen LogP contribution in [-0.4, -0.2) is 52.6 Å². The third kappa shape index (κ3) is 5.42. The maximum absolute atomic E-state index is 13.6. The standard InChI is InChI=1S/C19H23ClFN3O2S/c20-16-6-8-17(9-7-16)24-14-12-23(13-15-24)11-3-10-22-27(25,26)19-5-2-1-4-18(19)21/h1-2,4-9,22H,3,10-15H2. The Balaban J connectivity index is 1.40. The van der Waals surface area contributed by atoms with Gasteiger partial charge in [0.05, 0.1) is 0 Å². The third-order valence-electron chi connectivity index (χ3n) is 4.63. The van der Waals surface area contributed by atoms with Gasteiger partial charge in [-0.1, -0.05) is 23.7 Å². The zero-order valence-electron chi connectivity index (χ0n) is 14.9. The molecule has 2 aromatic rings. The van der Waals surface area contributed by atoms with Crippen LogP contribution in [0.15, 0.2) is 53.4 Å². The van der Waals surface area contributed by atoms with Crippen molar-refractivity contribution in [2.45, 2.75) is 11.3 Å². The molecule has 0 saturated carbocycles. The number of nitrogens with zero attached hydrogens (tertiary/aromatic N) is 2. The lowest BCUT2D eigenvalue weighted by molar-refractivity contribution is 0.255. The first-order valence-corrected chi connectivity index (χ1v) is 10.8. The van der Waals surface area contributed by atoms with Gasteiger partial charge in [0, 0.05) is 43.4 Å². The summed E-state index contributed by atoms with van der Waals surface area (Å²) in [6.45, 7) is 4.76. The molecule has 0 amide bonds. The normalized spacial score (nSPS) is 15.9. The molecule has 0 aliphatic carbocycles. The summed E-state index contributed by atoms with van der Waals surface area (Å²) in [5.41, 5.74) is 1.16. The second-order valence-electron chi connectivity index (χ2n) is 6.49. The Kier molecular flexibility index (Phi) is 6.70. The maximum atomic E-state index is 13.6. The van der Waals surface area contributed by atoms with Crippen molar-refractivity contribution < 1.29 is 12.8 Å². The zero-order valence-corrected chi connectivity index (χ0v) is 16.5. The number of rotatable bonds is 7. The first-order chi connectivity index (χ1) is 13.0. The number of nitrogens with one attached hydrogen (secondary N) is 1. The quantitative estimate of drug-likeness (QED) is 0.712. The lowest BCUT2D eigenvalue weighted by atomic mass is 10.2. The van der Waals surface area contributed by atoms with Crippen LogP contribution >= 0.6 is 11.6 Å². The van der Waals surface area contributed by atoms with Gasteiger partial charge in [0.25, 0.3) is 0 Å². The molecule has 1 aliphatic heterocycles. The van der Waals surface area contributed by atoms with Gasteiger partial charge in [-0.15, -0.1) is 0 Å². The van der Waals surface area contributed by atoms with Crippen molar-refractivity contribution in [3.05, 3.63) is 59.4 Å². The fraction of sp³-hybridized carbons (Fsp3) is 0.368. The topological polar surface area (TPSA) is 52.7 Å². The number of piperazine rings is 1. The Morgan fingerprint density at radius 3 is 2.33 bits per heavy atom. The molecule has 0 atom stereocenters. The molecule has 1 aliphatic rings. The molecule has 0 radical (unpaired) electrons. The summed E-state index contributed by atoms with van der Waals surface area (Å²) in [6, 6.07) is 13.2. The summed E-state index contributed by atoms with van der Waals surface area (Å²) in [5, 5.41) is 0.732. The lowest BCUT2D eigenvalue weighted by Crippen LogP contribution is -2.47. The minimum Gasteiger partial charge on any atom is -0.369 e. The molecule has 0 spiro atoms. The van der Waals surface area contributed by atoms with Crippen molar-refractivity contribution in [2.75, 3.05) is 44.2 Å². The SMILES string of the molecule is O=S(=O)(NCCCN1CCN(c2ccc(Cl)cc2)CC1)c1ccccc1F. The largest absolute Gasteiger partial charge is 0.369 e. The molecule has 8 heteroatoms. The van der Waals surface area contributed by atoms with Crippen LogP contribution in [0.25, 0.3) is 0 Å². The highest BCUT2D eigenvalue weighted by Crippen LogP contribution is 2.19. The number of hydrogen-bond acceptors (Lipinski definition) is 4. The molecular weight excluding hydrogens is 389 g/mol. The van der Waals surface area contributed by atoms with Gasteiger partial charge in [0.1, 0.15) is 10.7 Å². The summed E-state index contributed by atoms with van der Waals surface area (Å²) in [5.74, 6) is -0.733. The van der Waals surface area contributed by atoms with Crippen LogP contribution in [0.1, 0.15) is 6.42 Å². The van der Waals surface area contributed by atoms with Crippen molar-refractivity contribution in [3.8, 4) is 0 Å². The monoisotopic (exact) mass is 411 g/mol. The molecule has 2 aromatic carbocycles. The molecule has 0 bridgehead atoms. The molecule has 0 aromatic heterocycles. The van der Waals surface area contributed by atoms with E-state index in [-0.39, 0.29) is 11.4 Å².